The van der Waals surface area contributed by atoms with E-state index in [4.69, 9.17) is 4.74 Å². The highest BCUT2D eigenvalue weighted by Crippen LogP contribution is 2.12. The van der Waals surface area contributed by atoms with E-state index in [0.717, 1.165) is 29.9 Å². The topological polar surface area (TPSA) is 94.3 Å². The molecular formula is C21H24N6O2. The van der Waals surface area contributed by atoms with Crippen LogP contribution in [0.25, 0.3) is 11.4 Å². The van der Waals surface area contributed by atoms with Gasteiger partial charge in [-0.05, 0) is 41.5 Å². The van der Waals surface area contributed by atoms with Gasteiger partial charge in [-0.25, -0.2) is 5.43 Å². The smallest absolute Gasteiger partial charge is 0.263 e. The molecule has 0 atom stereocenters. The minimum Gasteiger partial charge on any atom is -0.494 e. The largest absolute Gasteiger partial charge is 0.494 e. The summed E-state index contributed by atoms with van der Waals surface area (Å²) in [7, 11) is 0. The van der Waals surface area contributed by atoms with Gasteiger partial charge in [0.25, 0.3) is 5.91 Å². The molecular weight excluding hydrogens is 368 g/mol. The number of benzene rings is 2. The van der Waals surface area contributed by atoms with Gasteiger partial charge in [0, 0.05) is 5.56 Å². The second-order valence-corrected chi connectivity index (χ2v) is 6.43. The van der Waals surface area contributed by atoms with Crippen molar-refractivity contribution in [3.8, 4) is 17.1 Å². The average molecular weight is 392 g/mol. The summed E-state index contributed by atoms with van der Waals surface area (Å²) in [6, 6.07) is 17.0. The number of hydrazone groups is 1. The van der Waals surface area contributed by atoms with Crippen LogP contribution in [0.2, 0.25) is 0 Å². The van der Waals surface area contributed by atoms with Crippen molar-refractivity contribution < 1.29 is 9.53 Å². The molecule has 0 spiro atoms. The zero-order valence-electron chi connectivity index (χ0n) is 16.4. The van der Waals surface area contributed by atoms with Gasteiger partial charge in [0.1, 0.15) is 12.3 Å². The summed E-state index contributed by atoms with van der Waals surface area (Å²) in [5.41, 5.74) is 4.16. The van der Waals surface area contributed by atoms with Crippen molar-refractivity contribution in [1.82, 2.24) is 25.6 Å². The molecule has 0 saturated heterocycles. The van der Waals surface area contributed by atoms with E-state index in [1.165, 1.54) is 17.6 Å². The Labute approximate surface area is 169 Å². The van der Waals surface area contributed by atoms with Crippen molar-refractivity contribution in [1.29, 1.82) is 0 Å². The molecule has 0 unspecified atom stereocenters. The van der Waals surface area contributed by atoms with Gasteiger partial charge < -0.3 is 4.74 Å². The highest BCUT2D eigenvalue weighted by atomic mass is 16.5. The van der Waals surface area contributed by atoms with Crippen LogP contribution >= 0.6 is 0 Å². The third-order valence-electron chi connectivity index (χ3n) is 4.07. The fourth-order valence-electron chi connectivity index (χ4n) is 2.55. The van der Waals surface area contributed by atoms with Crippen molar-refractivity contribution in [3.63, 3.8) is 0 Å². The highest BCUT2D eigenvalue weighted by Gasteiger charge is 2.08. The Morgan fingerprint density at radius 2 is 1.93 bits per heavy atom. The zero-order chi connectivity index (χ0) is 20.3. The first kappa shape index (κ1) is 20.2. The number of nitrogens with one attached hydrogen (secondary N) is 1. The van der Waals surface area contributed by atoms with E-state index in [2.05, 4.69) is 32.9 Å². The number of tetrazole rings is 1. The number of rotatable bonds is 10. The van der Waals surface area contributed by atoms with Crippen LogP contribution in [0.1, 0.15) is 31.7 Å². The molecule has 0 radical (unpaired) electrons. The van der Waals surface area contributed by atoms with Crippen LogP contribution in [0.15, 0.2) is 59.7 Å². The van der Waals surface area contributed by atoms with Gasteiger partial charge in [-0.3, -0.25) is 4.79 Å². The third kappa shape index (κ3) is 6.53. The van der Waals surface area contributed by atoms with E-state index < -0.39 is 0 Å². The van der Waals surface area contributed by atoms with Crippen LogP contribution in [-0.4, -0.2) is 38.9 Å². The Bertz CT molecular complexity index is 922. The Kier molecular flexibility index (Phi) is 7.45. The number of aromatic nitrogens is 4. The van der Waals surface area contributed by atoms with Gasteiger partial charge in [-0.15, -0.1) is 10.2 Å². The molecule has 1 aromatic heterocycles. The predicted molar refractivity (Wildman–Crippen MR) is 110 cm³/mol. The summed E-state index contributed by atoms with van der Waals surface area (Å²) in [6.45, 7) is 2.82. The molecule has 3 rings (SSSR count). The van der Waals surface area contributed by atoms with Crippen molar-refractivity contribution in [2.24, 2.45) is 5.10 Å². The second-order valence-electron chi connectivity index (χ2n) is 6.43. The lowest BCUT2D eigenvalue weighted by Gasteiger charge is -2.05. The number of unbranched alkanes of at least 4 members (excludes halogenated alkanes) is 2. The maximum Gasteiger partial charge on any atom is 0.263 e. The average Bonchev–Trinajstić information content (AvgIpc) is 3.21. The lowest BCUT2D eigenvalue weighted by atomic mass is 10.2. The first-order valence-electron chi connectivity index (χ1n) is 9.62. The van der Waals surface area contributed by atoms with Crippen molar-refractivity contribution in [2.45, 2.75) is 32.7 Å². The number of hydrogen-bond acceptors (Lipinski definition) is 6. The van der Waals surface area contributed by atoms with Crippen LogP contribution in [0.4, 0.5) is 0 Å². The molecule has 150 valence electrons. The molecule has 0 aliphatic heterocycles. The number of amides is 1. The Balaban J connectivity index is 1.44. The van der Waals surface area contributed by atoms with E-state index in [1.807, 2.05) is 54.6 Å². The second kappa shape index (κ2) is 10.7. The lowest BCUT2D eigenvalue weighted by molar-refractivity contribution is -0.122. The third-order valence-corrected chi connectivity index (χ3v) is 4.07. The van der Waals surface area contributed by atoms with Crippen LogP contribution in [0.5, 0.6) is 5.75 Å². The monoisotopic (exact) mass is 392 g/mol. The molecule has 0 bridgehead atoms. The minimum absolute atomic E-state index is 0.0677. The summed E-state index contributed by atoms with van der Waals surface area (Å²) in [5, 5.41) is 16.0. The lowest BCUT2D eigenvalue weighted by Crippen LogP contribution is -2.24. The van der Waals surface area contributed by atoms with E-state index in [0.29, 0.717) is 5.82 Å². The number of ether oxygens (including phenoxy) is 1. The molecule has 2 aromatic carbocycles. The number of carbonyl (C=O) groups excluding carboxylic acids is 1. The summed E-state index contributed by atoms with van der Waals surface area (Å²) in [4.78, 5) is 13.2. The Morgan fingerprint density at radius 3 is 2.69 bits per heavy atom. The van der Waals surface area contributed by atoms with Gasteiger partial charge in [-0.2, -0.15) is 9.90 Å². The van der Waals surface area contributed by atoms with E-state index in [9.17, 15) is 4.79 Å². The molecule has 8 heteroatoms. The SMILES string of the molecule is CCCCCOc1ccc(/C=N\NC(=O)Cn2nnc(-c3ccccc3)n2)cc1. The molecule has 0 aliphatic carbocycles. The zero-order valence-corrected chi connectivity index (χ0v) is 16.4. The quantitative estimate of drug-likeness (QED) is 0.325. The maximum atomic E-state index is 12.0. The fourth-order valence-corrected chi connectivity index (χ4v) is 2.55. The summed E-state index contributed by atoms with van der Waals surface area (Å²) in [5.74, 6) is 0.960. The summed E-state index contributed by atoms with van der Waals surface area (Å²) >= 11 is 0. The molecule has 8 nitrogen and oxygen atoms in total. The highest BCUT2D eigenvalue weighted by molar-refractivity contribution is 5.82. The molecule has 3 aromatic rings. The normalized spacial score (nSPS) is 10.9. The molecule has 1 amide bonds. The summed E-state index contributed by atoms with van der Waals surface area (Å²) in [6.07, 6.45) is 4.97. The molecule has 0 saturated carbocycles. The summed E-state index contributed by atoms with van der Waals surface area (Å²) < 4.78 is 5.67. The molecule has 29 heavy (non-hydrogen) atoms. The standard InChI is InChI=1S/C21H24N6O2/c1-2-3-7-14-29-19-12-10-17(11-13-19)15-22-23-20(28)16-27-25-21(24-26-27)18-8-5-4-6-9-18/h4-6,8-13,15H,2-3,7,14,16H2,1H3,(H,23,28)/b22-15-. The van der Waals surface area contributed by atoms with Crippen LogP contribution < -0.4 is 10.2 Å². The van der Waals surface area contributed by atoms with Crippen LogP contribution in [-0.2, 0) is 11.3 Å². The molecule has 0 aliphatic rings. The van der Waals surface area contributed by atoms with Crippen molar-refractivity contribution in [3.05, 3.63) is 60.2 Å². The van der Waals surface area contributed by atoms with E-state index >= 15 is 0 Å². The molecule has 1 heterocycles. The van der Waals surface area contributed by atoms with Gasteiger partial charge in [0.15, 0.2) is 0 Å². The molecule has 0 fully saturated rings. The van der Waals surface area contributed by atoms with Crippen LogP contribution in [0.3, 0.4) is 0 Å². The van der Waals surface area contributed by atoms with Gasteiger partial charge >= 0.3 is 0 Å². The first-order valence-corrected chi connectivity index (χ1v) is 9.62. The van der Waals surface area contributed by atoms with Gasteiger partial charge in [0.05, 0.1) is 12.8 Å². The number of nitrogens with zero attached hydrogens (tertiary/aromatic N) is 5. The predicted octanol–water partition coefficient (Wildman–Crippen LogP) is 3.06. The van der Waals surface area contributed by atoms with Crippen molar-refractivity contribution >= 4 is 12.1 Å². The van der Waals surface area contributed by atoms with Crippen LogP contribution in [0, 0.1) is 0 Å². The van der Waals surface area contributed by atoms with Gasteiger partial charge in [0.2, 0.25) is 5.82 Å². The van der Waals surface area contributed by atoms with E-state index in [1.54, 1.807) is 6.21 Å². The van der Waals surface area contributed by atoms with Crippen molar-refractivity contribution in [2.75, 3.05) is 6.61 Å². The van der Waals surface area contributed by atoms with Gasteiger partial charge in [-0.1, -0.05) is 50.1 Å². The number of carbonyl (C=O) groups is 1. The minimum atomic E-state index is -0.339. The first-order chi connectivity index (χ1) is 14.2. The Morgan fingerprint density at radius 1 is 1.14 bits per heavy atom. The number of hydrogen-bond donors (Lipinski definition) is 1. The van der Waals surface area contributed by atoms with E-state index in [-0.39, 0.29) is 12.5 Å². The fraction of sp³-hybridized carbons (Fsp3) is 0.286. The maximum absolute atomic E-state index is 12.0. The molecule has 1 N–H and O–H groups in total. The Hall–Kier alpha value is -3.55.